The zero-order valence-electron chi connectivity index (χ0n) is 14.7. The van der Waals surface area contributed by atoms with Crippen molar-refractivity contribution in [2.24, 2.45) is 0 Å². The van der Waals surface area contributed by atoms with Gasteiger partial charge in [0, 0.05) is 25.7 Å². The van der Waals surface area contributed by atoms with Gasteiger partial charge in [0.25, 0.3) is 5.91 Å². The summed E-state index contributed by atoms with van der Waals surface area (Å²) in [5, 5.41) is 2.23. The van der Waals surface area contributed by atoms with Gasteiger partial charge in [-0.2, -0.15) is 13.2 Å². The molecular formula is C17H16F4N2O4S. The summed E-state index contributed by atoms with van der Waals surface area (Å²) < 4.78 is 80.4. The minimum absolute atomic E-state index is 0.0889. The third kappa shape index (κ3) is 5.42. The van der Waals surface area contributed by atoms with E-state index < -0.39 is 34.5 Å². The average Bonchev–Trinajstić information content (AvgIpc) is 2.60. The molecule has 0 atom stereocenters. The number of carbonyl (C=O) groups excluding carboxylic acids is 1. The molecule has 11 heteroatoms. The second-order valence-electron chi connectivity index (χ2n) is 5.81. The van der Waals surface area contributed by atoms with E-state index in [-0.39, 0.29) is 21.9 Å². The van der Waals surface area contributed by atoms with Crippen LogP contribution in [0, 0.1) is 5.82 Å². The second-order valence-corrected chi connectivity index (χ2v) is 7.97. The summed E-state index contributed by atoms with van der Waals surface area (Å²) in [6.07, 6.45) is -4.62. The van der Waals surface area contributed by atoms with Crippen LogP contribution in [0.1, 0.15) is 10.4 Å². The van der Waals surface area contributed by atoms with Crippen molar-refractivity contribution in [1.29, 1.82) is 0 Å². The Balaban J connectivity index is 2.29. The Kier molecular flexibility index (Phi) is 6.30. The van der Waals surface area contributed by atoms with Crippen LogP contribution in [0.2, 0.25) is 0 Å². The van der Waals surface area contributed by atoms with Crippen LogP contribution >= 0.6 is 0 Å². The molecule has 152 valence electrons. The van der Waals surface area contributed by atoms with Crippen molar-refractivity contribution in [3.63, 3.8) is 0 Å². The van der Waals surface area contributed by atoms with Crippen LogP contribution in [0.25, 0.3) is 0 Å². The lowest BCUT2D eigenvalue weighted by Gasteiger charge is -2.15. The van der Waals surface area contributed by atoms with Crippen LogP contribution in [-0.2, 0) is 10.0 Å². The van der Waals surface area contributed by atoms with Gasteiger partial charge in [-0.25, -0.2) is 17.1 Å². The Morgan fingerprint density at radius 3 is 2.43 bits per heavy atom. The average molecular weight is 420 g/mol. The van der Waals surface area contributed by atoms with Crippen LogP contribution in [0.3, 0.4) is 0 Å². The van der Waals surface area contributed by atoms with E-state index in [2.05, 4.69) is 10.1 Å². The van der Waals surface area contributed by atoms with Crippen LogP contribution in [-0.4, -0.2) is 45.5 Å². The molecule has 0 heterocycles. The van der Waals surface area contributed by atoms with Crippen LogP contribution in [0.5, 0.6) is 5.75 Å². The number of rotatable bonds is 6. The quantitative estimate of drug-likeness (QED) is 0.728. The fourth-order valence-corrected chi connectivity index (χ4v) is 3.04. The highest BCUT2D eigenvalue weighted by molar-refractivity contribution is 7.89. The topological polar surface area (TPSA) is 75.7 Å². The predicted molar refractivity (Wildman–Crippen MR) is 93.2 cm³/mol. The molecule has 2 aromatic rings. The van der Waals surface area contributed by atoms with Crippen molar-refractivity contribution >= 4 is 21.6 Å². The monoisotopic (exact) mass is 420 g/mol. The van der Waals surface area contributed by atoms with Crippen molar-refractivity contribution in [3.05, 3.63) is 53.8 Å². The van der Waals surface area contributed by atoms with Crippen molar-refractivity contribution in [1.82, 2.24) is 4.31 Å². The summed E-state index contributed by atoms with van der Waals surface area (Å²) in [6, 6.07) is 7.64. The number of halogens is 4. The Bertz CT molecular complexity index is 975. The number of hydrogen-bond acceptors (Lipinski definition) is 4. The smallest absolute Gasteiger partial charge is 0.422 e. The standard InChI is InChI=1S/C17H16F4N2O4S/c1-23(2)28(25,26)13-5-3-4-11(8-13)16(24)22-14-9-12(18)6-7-15(14)27-10-17(19,20)21/h3-9H,10H2,1-2H3,(H,22,24). The number of nitrogens with one attached hydrogen (secondary N) is 1. The maximum Gasteiger partial charge on any atom is 0.422 e. The third-order valence-corrected chi connectivity index (χ3v) is 5.27. The summed E-state index contributed by atoms with van der Waals surface area (Å²) in [5.74, 6) is -2.04. The molecule has 0 saturated heterocycles. The van der Waals surface area contributed by atoms with E-state index in [1.54, 1.807) is 0 Å². The summed E-state index contributed by atoms with van der Waals surface area (Å²) in [5.41, 5.74) is -0.413. The zero-order chi connectivity index (χ0) is 21.1. The lowest BCUT2D eigenvalue weighted by molar-refractivity contribution is -0.153. The molecule has 1 N–H and O–H groups in total. The highest BCUT2D eigenvalue weighted by Crippen LogP contribution is 2.28. The first kappa shape index (κ1) is 21.6. The molecule has 2 rings (SSSR count). The molecule has 0 radical (unpaired) electrons. The number of carbonyl (C=O) groups is 1. The van der Waals surface area contributed by atoms with Crippen LogP contribution in [0.4, 0.5) is 23.2 Å². The molecule has 1 amide bonds. The Labute approximate surface area is 158 Å². The summed E-state index contributed by atoms with van der Waals surface area (Å²) >= 11 is 0. The van der Waals surface area contributed by atoms with Crippen LogP contribution < -0.4 is 10.1 Å². The predicted octanol–water partition coefficient (Wildman–Crippen LogP) is 3.27. The van der Waals surface area contributed by atoms with Crippen molar-refractivity contribution in [3.8, 4) is 5.75 Å². The molecule has 0 aliphatic heterocycles. The van der Waals surface area contributed by atoms with Crippen molar-refractivity contribution in [2.75, 3.05) is 26.0 Å². The molecule has 0 aromatic heterocycles. The lowest BCUT2D eigenvalue weighted by Crippen LogP contribution is -2.23. The largest absolute Gasteiger partial charge is 0.482 e. The summed E-state index contributed by atoms with van der Waals surface area (Å²) in [7, 11) is -1.16. The van der Waals surface area contributed by atoms with Gasteiger partial charge in [0.1, 0.15) is 11.6 Å². The highest BCUT2D eigenvalue weighted by atomic mass is 32.2. The van der Waals surface area contributed by atoms with E-state index >= 15 is 0 Å². The zero-order valence-corrected chi connectivity index (χ0v) is 15.6. The van der Waals surface area contributed by atoms with E-state index in [4.69, 9.17) is 0 Å². The molecule has 0 aliphatic carbocycles. The molecule has 0 aliphatic rings. The number of ether oxygens (including phenoxy) is 1. The second kappa shape index (κ2) is 8.15. The fourth-order valence-electron chi connectivity index (χ4n) is 2.09. The maximum atomic E-state index is 13.5. The molecule has 28 heavy (non-hydrogen) atoms. The number of alkyl halides is 3. The number of amides is 1. The van der Waals surface area contributed by atoms with Gasteiger partial charge in [-0.15, -0.1) is 0 Å². The molecule has 0 bridgehead atoms. The third-order valence-electron chi connectivity index (χ3n) is 3.46. The van der Waals surface area contributed by atoms with Crippen molar-refractivity contribution < 1.29 is 35.5 Å². The number of benzene rings is 2. The molecule has 0 fully saturated rings. The SMILES string of the molecule is CN(C)S(=O)(=O)c1cccc(C(=O)Nc2cc(F)ccc2OCC(F)(F)F)c1. The number of nitrogens with zero attached hydrogens (tertiary/aromatic N) is 1. The number of hydrogen-bond donors (Lipinski definition) is 1. The molecule has 0 spiro atoms. The fraction of sp³-hybridized carbons (Fsp3) is 0.235. The Morgan fingerprint density at radius 1 is 1.14 bits per heavy atom. The van der Waals surface area contributed by atoms with Crippen molar-refractivity contribution in [2.45, 2.75) is 11.1 Å². The Morgan fingerprint density at radius 2 is 1.82 bits per heavy atom. The summed E-state index contributed by atoms with van der Waals surface area (Å²) in [6.45, 7) is -1.63. The van der Waals surface area contributed by atoms with Gasteiger partial charge >= 0.3 is 6.18 Å². The minimum atomic E-state index is -4.62. The minimum Gasteiger partial charge on any atom is -0.482 e. The van der Waals surface area contributed by atoms with Gasteiger partial charge < -0.3 is 10.1 Å². The summed E-state index contributed by atoms with van der Waals surface area (Å²) in [4.78, 5) is 12.3. The van der Waals surface area contributed by atoms with Gasteiger partial charge in [0.15, 0.2) is 6.61 Å². The molecule has 2 aromatic carbocycles. The molecular weight excluding hydrogens is 404 g/mol. The van der Waals surface area contributed by atoms with E-state index in [1.807, 2.05) is 0 Å². The number of anilines is 1. The van der Waals surface area contributed by atoms with Crippen LogP contribution in [0.15, 0.2) is 47.4 Å². The number of sulfonamides is 1. The lowest BCUT2D eigenvalue weighted by atomic mass is 10.2. The van der Waals surface area contributed by atoms with Gasteiger partial charge in [0.05, 0.1) is 10.6 Å². The van der Waals surface area contributed by atoms with E-state index in [0.717, 1.165) is 28.6 Å². The van der Waals surface area contributed by atoms with Gasteiger partial charge in [-0.3, -0.25) is 4.79 Å². The first-order valence-electron chi connectivity index (χ1n) is 7.73. The van der Waals surface area contributed by atoms with E-state index in [0.29, 0.717) is 0 Å². The normalized spacial score (nSPS) is 12.1. The van der Waals surface area contributed by atoms with E-state index in [1.165, 1.54) is 32.3 Å². The molecule has 6 nitrogen and oxygen atoms in total. The van der Waals surface area contributed by atoms with E-state index in [9.17, 15) is 30.8 Å². The first-order valence-corrected chi connectivity index (χ1v) is 9.17. The highest BCUT2D eigenvalue weighted by Gasteiger charge is 2.29. The van der Waals surface area contributed by atoms with Gasteiger partial charge in [0.2, 0.25) is 10.0 Å². The Hall–Kier alpha value is -2.66. The van der Waals surface area contributed by atoms with Gasteiger partial charge in [-0.1, -0.05) is 6.07 Å². The van der Waals surface area contributed by atoms with Gasteiger partial charge in [-0.05, 0) is 30.3 Å². The molecule has 0 unspecified atom stereocenters. The first-order chi connectivity index (χ1) is 12.9. The molecule has 0 saturated carbocycles. The maximum absolute atomic E-state index is 13.5.